The number of fused-ring (bicyclic) bond motifs is 1. The van der Waals surface area contributed by atoms with E-state index in [0.717, 1.165) is 10.7 Å². The highest BCUT2D eigenvalue weighted by Gasteiger charge is 2.26. The molecule has 0 saturated heterocycles. The van der Waals surface area contributed by atoms with Crippen LogP contribution in [0.2, 0.25) is 0 Å². The highest BCUT2D eigenvalue weighted by molar-refractivity contribution is 7.09. The van der Waals surface area contributed by atoms with Crippen molar-refractivity contribution in [1.82, 2.24) is 4.98 Å². The molecule has 0 fully saturated rings. The summed E-state index contributed by atoms with van der Waals surface area (Å²) in [6.45, 7) is 3.85. The van der Waals surface area contributed by atoms with Crippen molar-refractivity contribution in [2.45, 2.75) is 20.5 Å². The molecule has 4 aromatic rings. The molecule has 0 atom stereocenters. The highest BCUT2D eigenvalue weighted by Crippen LogP contribution is 2.29. The lowest BCUT2D eigenvalue weighted by Gasteiger charge is -2.09. The quantitative estimate of drug-likeness (QED) is 0.364. The Bertz CT molecular complexity index is 1400. The third-order valence-electron chi connectivity index (χ3n) is 4.62. The van der Waals surface area contributed by atoms with E-state index < -0.39 is 17.4 Å². The van der Waals surface area contributed by atoms with Crippen LogP contribution in [0.5, 0.6) is 5.75 Å². The molecule has 0 N–H and O–H groups in total. The number of methoxy groups -OCH3 is 1. The molecular formula is C23H19NO8S. The smallest absolute Gasteiger partial charge is 0.375 e. The highest BCUT2D eigenvalue weighted by atomic mass is 32.1. The topological polar surface area (TPSA) is 118 Å². The van der Waals surface area contributed by atoms with E-state index in [-0.39, 0.29) is 47.0 Å². The first-order chi connectivity index (χ1) is 15.9. The molecule has 1 aromatic carbocycles. The van der Waals surface area contributed by atoms with Gasteiger partial charge in [-0.15, -0.1) is 11.3 Å². The Morgan fingerprint density at radius 2 is 1.94 bits per heavy atom. The van der Waals surface area contributed by atoms with Gasteiger partial charge in [0, 0.05) is 11.4 Å². The SMILES string of the molecule is CCOC(=O)c1oc2cc(OCc3csc(C)n3)ccc2c(=O)c1-c1ccc(C(=O)OC)o1. The maximum absolute atomic E-state index is 13.3. The first-order valence-corrected chi connectivity index (χ1v) is 10.8. The normalized spacial score (nSPS) is 10.9. The summed E-state index contributed by atoms with van der Waals surface area (Å²) in [7, 11) is 1.20. The Morgan fingerprint density at radius 1 is 1.12 bits per heavy atom. The van der Waals surface area contributed by atoms with Crippen LogP contribution in [0.15, 0.2) is 49.3 Å². The lowest BCUT2D eigenvalue weighted by Crippen LogP contribution is -2.14. The summed E-state index contributed by atoms with van der Waals surface area (Å²) in [5, 5.41) is 3.03. The van der Waals surface area contributed by atoms with E-state index in [1.54, 1.807) is 13.0 Å². The van der Waals surface area contributed by atoms with Gasteiger partial charge in [0.1, 0.15) is 29.3 Å². The number of hydrogen-bond acceptors (Lipinski definition) is 10. The predicted molar refractivity (Wildman–Crippen MR) is 119 cm³/mol. The third-order valence-corrected chi connectivity index (χ3v) is 5.44. The van der Waals surface area contributed by atoms with E-state index in [4.69, 9.17) is 18.3 Å². The van der Waals surface area contributed by atoms with Gasteiger partial charge in [-0.25, -0.2) is 14.6 Å². The lowest BCUT2D eigenvalue weighted by molar-refractivity contribution is 0.0491. The number of carbonyl (C=O) groups excluding carboxylic acids is 2. The lowest BCUT2D eigenvalue weighted by atomic mass is 10.1. The first kappa shape index (κ1) is 22.3. The van der Waals surface area contributed by atoms with Crippen LogP contribution in [0.1, 0.15) is 38.7 Å². The monoisotopic (exact) mass is 469 g/mol. The zero-order valence-corrected chi connectivity index (χ0v) is 18.8. The van der Waals surface area contributed by atoms with Gasteiger partial charge < -0.3 is 23.0 Å². The molecule has 0 radical (unpaired) electrons. The zero-order valence-electron chi connectivity index (χ0n) is 18.0. The standard InChI is InChI=1S/C23H19NO8S/c1-4-29-23(27)21-19(16-7-8-17(31-16)22(26)28-3)20(25)15-6-5-14(9-18(15)32-21)30-10-13-11-33-12(2)24-13/h5-9,11H,4,10H2,1-3H3. The molecule has 3 aromatic heterocycles. The molecular weight excluding hydrogens is 450 g/mol. The molecule has 170 valence electrons. The maximum atomic E-state index is 13.3. The zero-order chi connectivity index (χ0) is 23.5. The second-order valence-electron chi connectivity index (χ2n) is 6.82. The molecule has 4 rings (SSSR count). The number of esters is 2. The molecule has 3 heterocycles. The summed E-state index contributed by atoms with van der Waals surface area (Å²) in [6.07, 6.45) is 0. The third kappa shape index (κ3) is 4.51. The molecule has 0 saturated carbocycles. The van der Waals surface area contributed by atoms with Gasteiger partial charge in [-0.2, -0.15) is 0 Å². The van der Waals surface area contributed by atoms with Gasteiger partial charge in [-0.3, -0.25) is 4.79 Å². The Balaban J connectivity index is 1.78. The molecule has 0 spiro atoms. The van der Waals surface area contributed by atoms with Crippen molar-refractivity contribution in [2.24, 2.45) is 0 Å². The van der Waals surface area contributed by atoms with Crippen LogP contribution in [-0.4, -0.2) is 30.6 Å². The van der Waals surface area contributed by atoms with Crippen molar-refractivity contribution in [3.63, 3.8) is 0 Å². The Hall–Kier alpha value is -3.92. The summed E-state index contributed by atoms with van der Waals surface area (Å²) in [5.74, 6) is -1.61. The van der Waals surface area contributed by atoms with E-state index in [2.05, 4.69) is 9.72 Å². The van der Waals surface area contributed by atoms with Gasteiger partial charge in [0.15, 0.2) is 0 Å². The van der Waals surface area contributed by atoms with Crippen molar-refractivity contribution < 1.29 is 32.6 Å². The van der Waals surface area contributed by atoms with Crippen LogP contribution in [0.3, 0.4) is 0 Å². The van der Waals surface area contributed by atoms with Crippen LogP contribution in [0, 0.1) is 6.92 Å². The molecule has 0 bridgehead atoms. The van der Waals surface area contributed by atoms with E-state index in [1.165, 1.54) is 42.7 Å². The molecule has 33 heavy (non-hydrogen) atoms. The van der Waals surface area contributed by atoms with Crippen LogP contribution < -0.4 is 10.2 Å². The number of furan rings is 1. The predicted octanol–water partition coefficient (Wildman–Crippen LogP) is 4.36. The number of ether oxygens (including phenoxy) is 3. The van der Waals surface area contributed by atoms with Crippen LogP contribution >= 0.6 is 11.3 Å². The number of rotatable bonds is 7. The molecule has 0 amide bonds. The summed E-state index contributed by atoms with van der Waals surface area (Å²) in [4.78, 5) is 42.0. The number of benzene rings is 1. The van der Waals surface area contributed by atoms with E-state index >= 15 is 0 Å². The number of hydrogen-bond donors (Lipinski definition) is 0. The molecule has 0 aliphatic carbocycles. The van der Waals surface area contributed by atoms with Crippen molar-refractivity contribution in [1.29, 1.82) is 0 Å². The average Bonchev–Trinajstić information content (AvgIpc) is 3.46. The molecule has 9 nitrogen and oxygen atoms in total. The molecule has 10 heteroatoms. The van der Waals surface area contributed by atoms with E-state index in [0.29, 0.717) is 5.75 Å². The van der Waals surface area contributed by atoms with Crippen LogP contribution in [-0.2, 0) is 16.1 Å². The molecule has 0 unspecified atom stereocenters. The van der Waals surface area contributed by atoms with E-state index in [1.807, 2.05) is 12.3 Å². The van der Waals surface area contributed by atoms with Gasteiger partial charge in [0.05, 0.1) is 29.8 Å². The summed E-state index contributed by atoms with van der Waals surface area (Å²) in [6, 6.07) is 7.40. The van der Waals surface area contributed by atoms with Crippen molar-refractivity contribution in [3.05, 3.63) is 68.2 Å². The fraction of sp³-hybridized carbons (Fsp3) is 0.217. The number of aromatic nitrogens is 1. The average molecular weight is 469 g/mol. The Kier molecular flexibility index (Phi) is 6.27. The van der Waals surface area contributed by atoms with Crippen LogP contribution in [0.25, 0.3) is 22.3 Å². The molecule has 0 aliphatic heterocycles. The van der Waals surface area contributed by atoms with E-state index in [9.17, 15) is 14.4 Å². The molecule has 0 aliphatic rings. The Morgan fingerprint density at radius 3 is 2.64 bits per heavy atom. The van der Waals surface area contributed by atoms with Gasteiger partial charge in [-0.1, -0.05) is 0 Å². The Labute approximate surface area is 191 Å². The van der Waals surface area contributed by atoms with Gasteiger partial charge in [-0.05, 0) is 38.1 Å². The maximum Gasteiger partial charge on any atom is 0.375 e. The number of carbonyl (C=O) groups is 2. The van der Waals surface area contributed by atoms with Crippen molar-refractivity contribution in [3.8, 4) is 17.1 Å². The minimum absolute atomic E-state index is 0.0201. The summed E-state index contributed by atoms with van der Waals surface area (Å²) >= 11 is 1.52. The van der Waals surface area contributed by atoms with Gasteiger partial charge in [0.2, 0.25) is 16.9 Å². The number of thiazole rings is 1. The second kappa shape index (κ2) is 9.29. The van der Waals surface area contributed by atoms with Crippen LogP contribution in [0.4, 0.5) is 0 Å². The minimum Gasteiger partial charge on any atom is -0.487 e. The van der Waals surface area contributed by atoms with Crippen molar-refractivity contribution >= 4 is 34.2 Å². The second-order valence-corrected chi connectivity index (χ2v) is 7.88. The fourth-order valence-corrected chi connectivity index (χ4v) is 3.74. The van der Waals surface area contributed by atoms with Crippen molar-refractivity contribution in [2.75, 3.05) is 13.7 Å². The minimum atomic E-state index is -0.841. The number of nitrogens with zero attached hydrogens (tertiary/aromatic N) is 1. The van der Waals surface area contributed by atoms with Gasteiger partial charge in [0.25, 0.3) is 0 Å². The fourth-order valence-electron chi connectivity index (χ4n) is 3.14. The summed E-state index contributed by atoms with van der Waals surface area (Å²) in [5.41, 5.74) is 0.244. The number of aryl methyl sites for hydroxylation is 1. The largest absolute Gasteiger partial charge is 0.487 e. The van der Waals surface area contributed by atoms with Gasteiger partial charge >= 0.3 is 11.9 Å². The summed E-state index contributed by atoms with van der Waals surface area (Å²) < 4.78 is 26.7. The first-order valence-electron chi connectivity index (χ1n) is 9.91.